The fourth-order valence-electron chi connectivity index (χ4n) is 6.41. The molecule has 0 spiro atoms. The molecular formula is C31H39F3N4O5. The molecule has 0 unspecified atom stereocenters. The quantitative estimate of drug-likeness (QED) is 0.449. The lowest BCUT2D eigenvalue weighted by atomic mass is 9.85. The first-order chi connectivity index (χ1) is 20.2. The van der Waals surface area contributed by atoms with Gasteiger partial charge in [-0.1, -0.05) is 34.1 Å². The number of hydrogen-bond donors (Lipinski definition) is 1. The summed E-state index contributed by atoms with van der Waals surface area (Å²) in [5.74, 6) is -5.54. The number of hydrogen-bond acceptors (Lipinski definition) is 7. The number of aromatic nitrogens is 2. The monoisotopic (exact) mass is 604 g/mol. The molecule has 6 atom stereocenters. The highest BCUT2D eigenvalue weighted by atomic mass is 19.3. The Morgan fingerprint density at radius 3 is 2.58 bits per heavy atom. The van der Waals surface area contributed by atoms with Gasteiger partial charge in [0.2, 0.25) is 11.8 Å². The Balaban J connectivity index is 1.58. The fraction of sp³-hybridized carbons (Fsp3) is 0.645. The number of carbonyl (C=O) groups is 3. The summed E-state index contributed by atoms with van der Waals surface area (Å²) in [5.41, 5.74) is -2.01. The summed E-state index contributed by atoms with van der Waals surface area (Å²) in [4.78, 5) is 49.2. The lowest BCUT2D eigenvalue weighted by Crippen LogP contribution is -2.56. The molecular weight excluding hydrogens is 565 g/mol. The zero-order valence-corrected chi connectivity index (χ0v) is 25.2. The molecule has 2 bridgehead atoms. The molecule has 2 amide bonds. The second-order valence-corrected chi connectivity index (χ2v) is 13.4. The Bertz CT molecular complexity index is 1420. The Labute approximate surface area is 248 Å². The number of alkyl carbamates (subject to hydrolysis) is 1. The number of nitrogens with zero attached hydrogens (tertiary/aromatic N) is 3. The zero-order chi connectivity index (χ0) is 31.3. The first-order valence-electron chi connectivity index (χ1n) is 14.9. The first kappa shape index (κ1) is 31.0. The Hall–Kier alpha value is -3.44. The topological polar surface area (TPSA) is 111 Å². The molecule has 43 heavy (non-hydrogen) atoms. The van der Waals surface area contributed by atoms with Crippen molar-refractivity contribution in [1.29, 1.82) is 0 Å². The van der Waals surface area contributed by atoms with Gasteiger partial charge in [0.1, 0.15) is 29.9 Å². The Morgan fingerprint density at radius 2 is 1.91 bits per heavy atom. The molecule has 5 rings (SSSR count). The molecule has 2 fully saturated rings. The van der Waals surface area contributed by atoms with Gasteiger partial charge in [0, 0.05) is 24.3 Å². The molecule has 2 aromatic rings. The van der Waals surface area contributed by atoms with E-state index in [2.05, 4.69) is 15.3 Å². The minimum Gasteiger partial charge on any atom is -0.471 e. The number of rotatable bonds is 2. The molecule has 1 aromatic carbocycles. The van der Waals surface area contributed by atoms with Gasteiger partial charge in [-0.15, -0.1) is 0 Å². The van der Waals surface area contributed by atoms with Crippen LogP contribution in [0.5, 0.6) is 5.88 Å². The molecule has 1 aliphatic carbocycles. The van der Waals surface area contributed by atoms with Gasteiger partial charge >= 0.3 is 6.09 Å². The van der Waals surface area contributed by atoms with Crippen molar-refractivity contribution in [3.05, 3.63) is 29.7 Å². The molecule has 1 saturated heterocycles. The summed E-state index contributed by atoms with van der Waals surface area (Å²) in [7, 11) is 0. The predicted molar refractivity (Wildman–Crippen MR) is 151 cm³/mol. The van der Waals surface area contributed by atoms with Gasteiger partial charge in [-0.2, -0.15) is 8.78 Å². The predicted octanol–water partition coefficient (Wildman–Crippen LogP) is 5.54. The highest BCUT2D eigenvalue weighted by molar-refractivity contribution is 5.89. The molecule has 234 valence electrons. The minimum atomic E-state index is -3.42. The number of amides is 2. The maximum absolute atomic E-state index is 15.8. The van der Waals surface area contributed by atoms with E-state index in [1.54, 1.807) is 27.7 Å². The van der Waals surface area contributed by atoms with Gasteiger partial charge < -0.3 is 24.5 Å². The molecule has 12 heteroatoms. The first-order valence-corrected chi connectivity index (χ1v) is 14.9. The lowest BCUT2D eigenvalue weighted by molar-refractivity contribution is -0.139. The Kier molecular flexibility index (Phi) is 8.11. The summed E-state index contributed by atoms with van der Waals surface area (Å²) < 4.78 is 57.6. The Morgan fingerprint density at radius 1 is 1.16 bits per heavy atom. The number of benzene rings is 1. The summed E-state index contributed by atoms with van der Waals surface area (Å²) >= 11 is 0. The van der Waals surface area contributed by atoms with Gasteiger partial charge in [-0.3, -0.25) is 4.79 Å². The largest absolute Gasteiger partial charge is 0.471 e. The van der Waals surface area contributed by atoms with E-state index in [-0.39, 0.29) is 29.9 Å². The van der Waals surface area contributed by atoms with Crippen LogP contribution < -0.4 is 10.1 Å². The van der Waals surface area contributed by atoms with E-state index in [1.165, 1.54) is 11.0 Å². The van der Waals surface area contributed by atoms with E-state index in [1.807, 2.05) is 6.92 Å². The van der Waals surface area contributed by atoms with Gasteiger partial charge in [0.25, 0.3) is 5.92 Å². The van der Waals surface area contributed by atoms with E-state index >= 15 is 8.78 Å². The second kappa shape index (κ2) is 11.2. The third-order valence-corrected chi connectivity index (χ3v) is 9.10. The standard InChI is InChI=1S/C31H39F3N4O5/c1-6-19-22(16-39)38-15-23(19)42-26-24(35-20-11-10-18(32)13-21(20)36-26)31(33,34)12-8-7-9-17-14-30(17,5)43-28(41)37-25(27(38)40)29(2,3)4/h10-11,13,16-17,19,22-23,25H,6-9,12,14-15H2,1-5H3,(H,37,41)/t17-,19+,22-,23+,25-,30-/m1/s1. The molecule has 0 radical (unpaired) electrons. The maximum atomic E-state index is 15.8. The van der Waals surface area contributed by atoms with Crippen molar-refractivity contribution in [3.63, 3.8) is 0 Å². The molecule has 1 aromatic heterocycles. The van der Waals surface area contributed by atoms with Crippen LogP contribution >= 0.6 is 0 Å². The van der Waals surface area contributed by atoms with Crippen molar-refractivity contribution in [2.45, 2.75) is 103 Å². The van der Waals surface area contributed by atoms with E-state index in [0.29, 0.717) is 32.0 Å². The van der Waals surface area contributed by atoms with Gasteiger partial charge in [0.15, 0.2) is 5.69 Å². The molecule has 3 heterocycles. The molecule has 3 aliphatic rings. The average Bonchev–Trinajstić information content (AvgIpc) is 3.41. The minimum absolute atomic E-state index is 0.00731. The molecule has 2 aliphatic heterocycles. The van der Waals surface area contributed by atoms with Gasteiger partial charge in [0.05, 0.1) is 23.6 Å². The number of fused-ring (bicyclic) bond motifs is 5. The summed E-state index contributed by atoms with van der Waals surface area (Å²) in [5, 5.41) is 2.74. The third-order valence-electron chi connectivity index (χ3n) is 9.10. The van der Waals surface area contributed by atoms with Crippen molar-refractivity contribution in [2.75, 3.05) is 6.54 Å². The number of aldehydes is 1. The number of halogens is 3. The van der Waals surface area contributed by atoms with Crippen molar-refractivity contribution in [3.8, 4) is 5.88 Å². The van der Waals surface area contributed by atoms with Crippen LogP contribution in [0.15, 0.2) is 18.2 Å². The van der Waals surface area contributed by atoms with Gasteiger partial charge in [-0.25, -0.2) is 19.2 Å². The lowest BCUT2D eigenvalue weighted by Gasteiger charge is -2.35. The average molecular weight is 605 g/mol. The number of nitrogens with one attached hydrogen (secondary N) is 1. The molecule has 9 nitrogen and oxygen atoms in total. The smallest absolute Gasteiger partial charge is 0.408 e. The number of alkyl halides is 2. The van der Waals surface area contributed by atoms with E-state index in [9.17, 15) is 18.8 Å². The highest BCUT2D eigenvalue weighted by Crippen LogP contribution is 2.50. The summed E-state index contributed by atoms with van der Waals surface area (Å²) in [6, 6.07) is 1.54. The van der Waals surface area contributed by atoms with Crippen molar-refractivity contribution in [2.24, 2.45) is 17.3 Å². The number of carbonyl (C=O) groups excluding carboxylic acids is 3. The van der Waals surface area contributed by atoms with Crippen LogP contribution in [0.4, 0.5) is 18.0 Å². The SMILES string of the molecule is CC[C@@H]1[C@@H]2CN(C(=O)[C@H](C(C)(C)C)NC(=O)O[C@]3(C)C[C@H]3CCCCC(F)(F)c3nc4ccc(F)cc4nc3O2)[C@@H]1C=O. The third kappa shape index (κ3) is 6.15. The maximum Gasteiger partial charge on any atom is 0.408 e. The zero-order valence-electron chi connectivity index (χ0n) is 25.2. The van der Waals surface area contributed by atoms with Crippen LogP contribution in [0, 0.1) is 23.1 Å². The van der Waals surface area contributed by atoms with Gasteiger partial charge in [-0.05, 0) is 50.2 Å². The van der Waals surface area contributed by atoms with Crippen LogP contribution in [0.3, 0.4) is 0 Å². The van der Waals surface area contributed by atoms with Crippen molar-refractivity contribution in [1.82, 2.24) is 20.2 Å². The summed E-state index contributed by atoms with van der Waals surface area (Å²) in [6.07, 6.45) is 0.702. The summed E-state index contributed by atoms with van der Waals surface area (Å²) in [6.45, 7) is 8.87. The second-order valence-electron chi connectivity index (χ2n) is 13.4. The van der Waals surface area contributed by atoms with E-state index in [0.717, 1.165) is 12.1 Å². The molecule has 1 saturated carbocycles. The van der Waals surface area contributed by atoms with Crippen LogP contribution in [-0.4, -0.2) is 63.5 Å². The van der Waals surface area contributed by atoms with Crippen LogP contribution in [0.2, 0.25) is 0 Å². The van der Waals surface area contributed by atoms with Crippen LogP contribution in [-0.2, 0) is 20.2 Å². The highest BCUT2D eigenvalue weighted by Gasteiger charge is 2.54. The van der Waals surface area contributed by atoms with E-state index < -0.39 is 76.9 Å². The molecule has 1 N–H and O–H groups in total. The van der Waals surface area contributed by atoms with Crippen molar-refractivity contribution < 1.29 is 37.0 Å². The van der Waals surface area contributed by atoms with E-state index in [4.69, 9.17) is 9.47 Å². The normalized spacial score (nSPS) is 31.5. The number of ether oxygens (including phenoxy) is 2. The van der Waals surface area contributed by atoms with Crippen LogP contribution in [0.25, 0.3) is 11.0 Å². The fourth-order valence-corrected chi connectivity index (χ4v) is 6.41. The van der Waals surface area contributed by atoms with Crippen LogP contribution in [0.1, 0.15) is 78.8 Å². The van der Waals surface area contributed by atoms with Crippen molar-refractivity contribution >= 4 is 29.3 Å².